The molecule has 5 nitrogen and oxygen atoms in total. The first-order valence-corrected chi connectivity index (χ1v) is 7.79. The molecule has 0 aromatic rings. The molecular formula is C16H24F2O5. The molecule has 0 aromatic heterocycles. The summed E-state index contributed by atoms with van der Waals surface area (Å²) in [6, 6.07) is 0. The summed E-state index contributed by atoms with van der Waals surface area (Å²) in [7, 11) is 2.65. The Labute approximate surface area is 134 Å². The average molecular weight is 334 g/mol. The topological polar surface area (TPSA) is 69.7 Å². The Kier molecular flexibility index (Phi) is 7.58. The standard InChI is InChI=1S/C8H12F2O2.C8H12O3/c1-12-7(11)4-6-2-3-8(9,10)5-6;1-11-8(10)5-6-2-3-7(9)4-6/h6H,2-5H2,1H3;6H,2-5H2,1H3. The maximum absolute atomic E-state index is 12.6. The summed E-state index contributed by atoms with van der Waals surface area (Å²) < 4.78 is 34.1. The van der Waals surface area contributed by atoms with Crippen molar-refractivity contribution in [3.8, 4) is 0 Å². The van der Waals surface area contributed by atoms with Crippen LogP contribution in [0.2, 0.25) is 0 Å². The van der Waals surface area contributed by atoms with Gasteiger partial charge in [-0.1, -0.05) is 0 Å². The van der Waals surface area contributed by atoms with Gasteiger partial charge < -0.3 is 9.47 Å². The number of hydrogen-bond acceptors (Lipinski definition) is 5. The molecule has 2 atom stereocenters. The summed E-state index contributed by atoms with van der Waals surface area (Å²) in [4.78, 5) is 32.2. The Morgan fingerprint density at radius 2 is 1.65 bits per heavy atom. The van der Waals surface area contributed by atoms with Crippen LogP contribution in [0.25, 0.3) is 0 Å². The molecule has 0 spiro atoms. The third-order valence-electron chi connectivity index (χ3n) is 4.22. The van der Waals surface area contributed by atoms with Crippen LogP contribution in [0.3, 0.4) is 0 Å². The van der Waals surface area contributed by atoms with E-state index in [2.05, 4.69) is 9.47 Å². The Bertz CT molecular complexity index is 436. The lowest BCUT2D eigenvalue weighted by molar-refractivity contribution is -0.142. The van der Waals surface area contributed by atoms with Crippen molar-refractivity contribution in [2.24, 2.45) is 11.8 Å². The molecule has 2 rings (SSSR count). The number of carbonyl (C=O) groups is 3. The second kappa shape index (κ2) is 8.93. The van der Waals surface area contributed by atoms with E-state index in [0.29, 0.717) is 25.7 Å². The zero-order valence-corrected chi connectivity index (χ0v) is 13.6. The van der Waals surface area contributed by atoms with Gasteiger partial charge in [-0.25, -0.2) is 8.78 Å². The molecule has 0 bridgehead atoms. The summed E-state index contributed by atoms with van der Waals surface area (Å²) in [6.07, 6.45) is 2.78. The fourth-order valence-corrected chi connectivity index (χ4v) is 2.92. The van der Waals surface area contributed by atoms with Gasteiger partial charge in [-0.3, -0.25) is 14.4 Å². The van der Waals surface area contributed by atoms with E-state index in [9.17, 15) is 23.2 Å². The molecule has 2 aliphatic carbocycles. The predicted octanol–water partition coefficient (Wildman–Crippen LogP) is 2.90. The summed E-state index contributed by atoms with van der Waals surface area (Å²) in [6.45, 7) is 0. The van der Waals surface area contributed by atoms with E-state index < -0.39 is 11.9 Å². The molecule has 0 radical (unpaired) electrons. The van der Waals surface area contributed by atoms with Crippen molar-refractivity contribution in [2.45, 2.75) is 57.3 Å². The van der Waals surface area contributed by atoms with Gasteiger partial charge in [-0.05, 0) is 24.7 Å². The van der Waals surface area contributed by atoms with Crippen LogP contribution in [0.15, 0.2) is 0 Å². The highest BCUT2D eigenvalue weighted by Crippen LogP contribution is 2.40. The quantitative estimate of drug-likeness (QED) is 0.739. The smallest absolute Gasteiger partial charge is 0.305 e. The first-order chi connectivity index (χ1) is 10.8. The van der Waals surface area contributed by atoms with Gasteiger partial charge in [-0.15, -0.1) is 0 Å². The Balaban J connectivity index is 0.000000231. The molecule has 2 aliphatic rings. The van der Waals surface area contributed by atoms with Crippen molar-refractivity contribution in [1.29, 1.82) is 0 Å². The average Bonchev–Trinajstić information content (AvgIpc) is 3.04. The van der Waals surface area contributed by atoms with E-state index in [1.54, 1.807) is 0 Å². The number of carbonyl (C=O) groups excluding carboxylic acids is 3. The van der Waals surface area contributed by atoms with Crippen LogP contribution in [0.1, 0.15) is 51.4 Å². The van der Waals surface area contributed by atoms with E-state index in [1.165, 1.54) is 14.2 Å². The largest absolute Gasteiger partial charge is 0.469 e. The van der Waals surface area contributed by atoms with Crippen LogP contribution in [0.5, 0.6) is 0 Å². The van der Waals surface area contributed by atoms with Crippen LogP contribution in [-0.2, 0) is 23.9 Å². The number of methoxy groups -OCH3 is 2. The Hall–Kier alpha value is -1.53. The third kappa shape index (κ3) is 7.52. The lowest BCUT2D eigenvalue weighted by Gasteiger charge is -2.08. The summed E-state index contributed by atoms with van der Waals surface area (Å²) >= 11 is 0. The highest BCUT2D eigenvalue weighted by atomic mass is 19.3. The zero-order chi connectivity index (χ0) is 17.5. The van der Waals surface area contributed by atoms with Crippen LogP contribution in [0.4, 0.5) is 8.78 Å². The van der Waals surface area contributed by atoms with E-state index in [0.717, 1.165) is 6.42 Å². The molecule has 0 heterocycles. The predicted molar refractivity (Wildman–Crippen MR) is 77.9 cm³/mol. The van der Waals surface area contributed by atoms with E-state index in [1.807, 2.05) is 0 Å². The van der Waals surface area contributed by atoms with Crippen molar-refractivity contribution < 1.29 is 32.6 Å². The number of Topliss-reactive ketones (excluding diaryl/α,β-unsaturated/α-hetero) is 1. The van der Waals surface area contributed by atoms with Crippen molar-refractivity contribution in [3.63, 3.8) is 0 Å². The van der Waals surface area contributed by atoms with Crippen LogP contribution in [-0.4, -0.2) is 37.9 Å². The number of halogens is 2. The molecule has 0 aromatic carbocycles. The van der Waals surface area contributed by atoms with Gasteiger partial charge in [0, 0.05) is 38.5 Å². The molecule has 0 aliphatic heterocycles. The summed E-state index contributed by atoms with van der Waals surface area (Å²) in [5.74, 6) is -2.82. The van der Waals surface area contributed by atoms with Gasteiger partial charge in [0.25, 0.3) is 0 Å². The fraction of sp³-hybridized carbons (Fsp3) is 0.812. The highest BCUT2D eigenvalue weighted by molar-refractivity contribution is 5.81. The highest BCUT2D eigenvalue weighted by Gasteiger charge is 2.40. The van der Waals surface area contributed by atoms with Gasteiger partial charge in [0.1, 0.15) is 5.78 Å². The van der Waals surface area contributed by atoms with Crippen molar-refractivity contribution in [2.75, 3.05) is 14.2 Å². The molecule has 0 N–H and O–H groups in total. The Morgan fingerprint density at radius 3 is 2.04 bits per heavy atom. The number of esters is 2. The van der Waals surface area contributed by atoms with Crippen LogP contribution in [0, 0.1) is 11.8 Å². The monoisotopic (exact) mass is 334 g/mol. The van der Waals surface area contributed by atoms with Gasteiger partial charge in [0.15, 0.2) is 0 Å². The lowest BCUT2D eigenvalue weighted by atomic mass is 10.0. The SMILES string of the molecule is COC(=O)CC1CCC(=O)C1.COC(=O)CC1CCC(F)(F)C1. The van der Waals surface area contributed by atoms with E-state index >= 15 is 0 Å². The molecule has 23 heavy (non-hydrogen) atoms. The number of rotatable bonds is 4. The fourth-order valence-electron chi connectivity index (χ4n) is 2.92. The van der Waals surface area contributed by atoms with Gasteiger partial charge in [-0.2, -0.15) is 0 Å². The normalized spacial score (nSPS) is 25.5. The molecule has 2 saturated carbocycles. The van der Waals surface area contributed by atoms with Crippen molar-refractivity contribution in [3.05, 3.63) is 0 Å². The number of alkyl halides is 2. The third-order valence-corrected chi connectivity index (χ3v) is 4.22. The molecule has 2 unspecified atom stereocenters. The molecule has 0 saturated heterocycles. The van der Waals surface area contributed by atoms with Gasteiger partial charge in [0.05, 0.1) is 14.2 Å². The van der Waals surface area contributed by atoms with E-state index in [4.69, 9.17) is 0 Å². The minimum absolute atomic E-state index is 0.0886. The molecule has 132 valence electrons. The second-order valence-corrected chi connectivity index (χ2v) is 6.17. The summed E-state index contributed by atoms with van der Waals surface area (Å²) in [5, 5.41) is 0. The van der Waals surface area contributed by atoms with E-state index in [-0.39, 0.29) is 42.9 Å². The van der Waals surface area contributed by atoms with Gasteiger partial charge in [0.2, 0.25) is 5.92 Å². The van der Waals surface area contributed by atoms with Gasteiger partial charge >= 0.3 is 11.9 Å². The minimum atomic E-state index is -2.56. The first kappa shape index (κ1) is 19.5. The zero-order valence-electron chi connectivity index (χ0n) is 13.6. The second-order valence-electron chi connectivity index (χ2n) is 6.17. The van der Waals surface area contributed by atoms with Crippen molar-refractivity contribution in [1.82, 2.24) is 0 Å². The van der Waals surface area contributed by atoms with Crippen LogP contribution >= 0.6 is 0 Å². The molecule has 2 fully saturated rings. The molecule has 0 amide bonds. The number of hydrogen-bond donors (Lipinski definition) is 0. The molecule has 7 heteroatoms. The lowest BCUT2D eigenvalue weighted by Crippen LogP contribution is -2.12. The van der Waals surface area contributed by atoms with Crippen molar-refractivity contribution >= 4 is 17.7 Å². The van der Waals surface area contributed by atoms with Crippen LogP contribution < -0.4 is 0 Å². The summed E-state index contributed by atoms with van der Waals surface area (Å²) in [5.41, 5.74) is 0. The maximum atomic E-state index is 12.6. The minimum Gasteiger partial charge on any atom is -0.469 e. The number of ether oxygens (including phenoxy) is 2. The molecular weight excluding hydrogens is 310 g/mol. The Morgan fingerprint density at radius 1 is 1.09 bits per heavy atom. The maximum Gasteiger partial charge on any atom is 0.305 e. The number of ketones is 1. The first-order valence-electron chi connectivity index (χ1n) is 7.79.